The lowest BCUT2D eigenvalue weighted by Gasteiger charge is -2.48. The van der Waals surface area contributed by atoms with Crippen LogP contribution in [0.25, 0.3) is 0 Å². The summed E-state index contributed by atoms with van der Waals surface area (Å²) in [5.74, 6) is 0.0358. The third kappa shape index (κ3) is 2.16. The number of carbonyl (C=O) groups is 2. The summed E-state index contributed by atoms with van der Waals surface area (Å²) in [4.78, 5) is 24.1. The summed E-state index contributed by atoms with van der Waals surface area (Å²) in [6, 6.07) is 0. The van der Waals surface area contributed by atoms with E-state index in [2.05, 4.69) is 26.2 Å². The van der Waals surface area contributed by atoms with Gasteiger partial charge in [0, 0.05) is 25.0 Å². The summed E-state index contributed by atoms with van der Waals surface area (Å²) in [5, 5.41) is 11.0. The predicted molar refractivity (Wildman–Crippen MR) is 65.9 cm³/mol. The van der Waals surface area contributed by atoms with E-state index in [1.165, 1.54) is 4.90 Å². The third-order valence-electron chi connectivity index (χ3n) is 3.84. The molecule has 18 heavy (non-hydrogen) atoms. The summed E-state index contributed by atoms with van der Waals surface area (Å²) >= 11 is 0. The van der Waals surface area contributed by atoms with E-state index in [4.69, 9.17) is 5.11 Å². The zero-order chi connectivity index (χ0) is 13.6. The molecule has 6 heteroatoms. The molecule has 0 atom stereocenters. The van der Waals surface area contributed by atoms with Gasteiger partial charge in [0.25, 0.3) is 0 Å². The first-order valence-corrected chi connectivity index (χ1v) is 6.32. The normalized spacial score (nSPS) is 24.4. The molecule has 0 aromatic heterocycles. The largest absolute Gasteiger partial charge is 0.465 e. The Hall–Kier alpha value is -1.30. The number of carbonyl (C=O) groups excluding carboxylic acids is 1. The van der Waals surface area contributed by atoms with Crippen LogP contribution in [0.4, 0.5) is 4.79 Å². The molecule has 0 radical (unpaired) electrons. The van der Waals surface area contributed by atoms with E-state index in [-0.39, 0.29) is 17.0 Å². The Bertz CT molecular complexity index is 367. The van der Waals surface area contributed by atoms with Gasteiger partial charge < -0.3 is 10.0 Å². The lowest BCUT2D eigenvalue weighted by Crippen LogP contribution is -2.61. The summed E-state index contributed by atoms with van der Waals surface area (Å²) < 4.78 is 0. The highest BCUT2D eigenvalue weighted by atomic mass is 16.4. The molecule has 1 spiro atoms. The number of rotatable bonds is 0. The Morgan fingerprint density at radius 3 is 2.33 bits per heavy atom. The smallest absolute Gasteiger partial charge is 0.407 e. The van der Waals surface area contributed by atoms with Crippen LogP contribution < -0.4 is 5.43 Å². The fourth-order valence-electron chi connectivity index (χ4n) is 3.05. The van der Waals surface area contributed by atoms with Crippen molar-refractivity contribution in [3.8, 4) is 0 Å². The van der Waals surface area contributed by atoms with Crippen LogP contribution in [-0.4, -0.2) is 51.2 Å². The first-order valence-electron chi connectivity index (χ1n) is 6.32. The minimum atomic E-state index is -0.871. The standard InChI is InChI=1S/C12H21N3O3/c1-11(2,3)15-12(8-9(16)13-15)4-6-14(7-5-12)10(17)18/h4-8H2,1-3H3,(H,13,16)(H,17,18). The number of piperidine rings is 1. The Morgan fingerprint density at radius 2 is 1.89 bits per heavy atom. The van der Waals surface area contributed by atoms with E-state index in [1.54, 1.807) is 0 Å². The summed E-state index contributed by atoms with van der Waals surface area (Å²) in [6.07, 6.45) is 1.01. The van der Waals surface area contributed by atoms with Crippen LogP contribution in [0.2, 0.25) is 0 Å². The van der Waals surface area contributed by atoms with E-state index < -0.39 is 6.09 Å². The molecule has 2 aliphatic heterocycles. The van der Waals surface area contributed by atoms with Crippen molar-refractivity contribution >= 4 is 12.0 Å². The van der Waals surface area contributed by atoms with Gasteiger partial charge in [-0.3, -0.25) is 10.2 Å². The molecule has 2 fully saturated rings. The van der Waals surface area contributed by atoms with Crippen LogP contribution in [0.1, 0.15) is 40.0 Å². The summed E-state index contributed by atoms with van der Waals surface area (Å²) in [6.45, 7) is 7.17. The number of amides is 2. The fraction of sp³-hybridized carbons (Fsp3) is 0.833. The van der Waals surface area contributed by atoms with Gasteiger partial charge in [-0.25, -0.2) is 9.80 Å². The molecule has 2 aliphatic rings. The number of hydrazine groups is 1. The molecule has 2 saturated heterocycles. The molecule has 2 rings (SSSR count). The Morgan fingerprint density at radius 1 is 1.33 bits per heavy atom. The molecular formula is C12H21N3O3. The maximum absolute atomic E-state index is 11.7. The van der Waals surface area contributed by atoms with Gasteiger partial charge in [-0.05, 0) is 33.6 Å². The van der Waals surface area contributed by atoms with Crippen molar-refractivity contribution in [1.29, 1.82) is 0 Å². The number of nitrogens with zero attached hydrogens (tertiary/aromatic N) is 2. The molecule has 0 unspecified atom stereocenters. The monoisotopic (exact) mass is 255 g/mol. The molecule has 102 valence electrons. The average Bonchev–Trinajstić information content (AvgIpc) is 2.56. The van der Waals surface area contributed by atoms with Crippen LogP contribution in [0.15, 0.2) is 0 Å². The number of carboxylic acid groups (broad SMARTS) is 1. The van der Waals surface area contributed by atoms with Crippen molar-refractivity contribution in [2.45, 2.75) is 51.1 Å². The molecule has 2 amide bonds. The highest BCUT2D eigenvalue weighted by Crippen LogP contribution is 2.39. The second kappa shape index (κ2) is 4.12. The van der Waals surface area contributed by atoms with Gasteiger partial charge in [0.2, 0.25) is 5.91 Å². The van der Waals surface area contributed by atoms with E-state index in [1.807, 2.05) is 5.01 Å². The lowest BCUT2D eigenvalue weighted by molar-refractivity contribution is -0.122. The molecule has 0 saturated carbocycles. The van der Waals surface area contributed by atoms with Gasteiger partial charge >= 0.3 is 6.09 Å². The highest BCUT2D eigenvalue weighted by Gasteiger charge is 2.51. The first kappa shape index (κ1) is 13.1. The van der Waals surface area contributed by atoms with Crippen LogP contribution in [0.3, 0.4) is 0 Å². The van der Waals surface area contributed by atoms with Gasteiger partial charge in [0.1, 0.15) is 0 Å². The maximum atomic E-state index is 11.7. The van der Waals surface area contributed by atoms with Gasteiger partial charge in [-0.2, -0.15) is 0 Å². The maximum Gasteiger partial charge on any atom is 0.407 e. The SMILES string of the molecule is CC(C)(C)N1NC(=O)CC12CCN(C(=O)O)CC2. The Kier molecular flexibility index (Phi) is 3.01. The molecule has 0 bridgehead atoms. The predicted octanol–water partition coefficient (Wildman–Crippen LogP) is 1.03. The van der Waals surface area contributed by atoms with Crippen molar-refractivity contribution in [2.75, 3.05) is 13.1 Å². The summed E-state index contributed by atoms with van der Waals surface area (Å²) in [7, 11) is 0. The second-order valence-electron chi connectivity index (χ2n) is 6.21. The van der Waals surface area contributed by atoms with E-state index >= 15 is 0 Å². The van der Waals surface area contributed by atoms with Crippen LogP contribution >= 0.6 is 0 Å². The average molecular weight is 255 g/mol. The van der Waals surface area contributed by atoms with Crippen LogP contribution in [0.5, 0.6) is 0 Å². The Labute approximate surface area is 107 Å². The van der Waals surface area contributed by atoms with E-state index in [0.717, 1.165) is 0 Å². The van der Waals surface area contributed by atoms with Gasteiger partial charge in [0.15, 0.2) is 0 Å². The highest BCUT2D eigenvalue weighted by molar-refractivity contribution is 5.79. The molecule has 2 N–H and O–H groups in total. The zero-order valence-electron chi connectivity index (χ0n) is 11.2. The quantitative estimate of drug-likeness (QED) is 0.678. The zero-order valence-corrected chi connectivity index (χ0v) is 11.2. The van der Waals surface area contributed by atoms with Gasteiger partial charge in [0.05, 0.1) is 5.54 Å². The first-order chi connectivity index (χ1) is 8.24. The molecule has 6 nitrogen and oxygen atoms in total. The minimum absolute atomic E-state index is 0.0358. The third-order valence-corrected chi connectivity index (χ3v) is 3.84. The molecular weight excluding hydrogens is 234 g/mol. The molecule has 0 aromatic carbocycles. The van der Waals surface area contributed by atoms with Crippen LogP contribution in [0, 0.1) is 0 Å². The van der Waals surface area contributed by atoms with E-state index in [0.29, 0.717) is 32.4 Å². The van der Waals surface area contributed by atoms with Crippen molar-refractivity contribution in [3.05, 3.63) is 0 Å². The number of hydrogen-bond donors (Lipinski definition) is 2. The van der Waals surface area contributed by atoms with E-state index in [9.17, 15) is 9.59 Å². The Balaban J connectivity index is 2.16. The number of likely N-dealkylation sites (tertiary alicyclic amines) is 1. The van der Waals surface area contributed by atoms with Crippen molar-refractivity contribution in [1.82, 2.24) is 15.3 Å². The van der Waals surface area contributed by atoms with Crippen LogP contribution in [-0.2, 0) is 4.79 Å². The lowest BCUT2D eigenvalue weighted by atomic mass is 9.82. The summed E-state index contributed by atoms with van der Waals surface area (Å²) in [5.41, 5.74) is 2.55. The number of nitrogens with one attached hydrogen (secondary N) is 1. The van der Waals surface area contributed by atoms with Gasteiger partial charge in [-0.15, -0.1) is 0 Å². The van der Waals surface area contributed by atoms with Crippen molar-refractivity contribution < 1.29 is 14.7 Å². The molecule has 0 aromatic rings. The molecule has 2 heterocycles. The van der Waals surface area contributed by atoms with Crippen molar-refractivity contribution in [3.63, 3.8) is 0 Å². The molecule has 0 aliphatic carbocycles. The van der Waals surface area contributed by atoms with Gasteiger partial charge in [-0.1, -0.05) is 0 Å². The fourth-order valence-corrected chi connectivity index (χ4v) is 3.05. The second-order valence-corrected chi connectivity index (χ2v) is 6.21. The number of hydrogen-bond acceptors (Lipinski definition) is 3. The van der Waals surface area contributed by atoms with Crippen molar-refractivity contribution in [2.24, 2.45) is 0 Å². The topological polar surface area (TPSA) is 72.9 Å². The minimum Gasteiger partial charge on any atom is -0.465 e.